The average molecular weight is 347 g/mol. The zero-order chi connectivity index (χ0) is 16.7. The molecule has 1 aromatic rings. The highest BCUT2D eigenvalue weighted by molar-refractivity contribution is 7.47. The summed E-state index contributed by atoms with van der Waals surface area (Å²) < 4.78 is 39.6. The highest BCUT2D eigenvalue weighted by Gasteiger charge is 2.64. The van der Waals surface area contributed by atoms with E-state index in [9.17, 15) is 14.3 Å². The molecule has 2 fully saturated rings. The maximum atomic E-state index is 12.0. The minimum Gasteiger partial charge on any atom is -0.381 e. The first kappa shape index (κ1) is 16.8. The van der Waals surface area contributed by atoms with Crippen molar-refractivity contribution in [2.75, 3.05) is 27.4 Å². The molecular formula is C13H18NO8P. The molecule has 0 amide bonds. The van der Waals surface area contributed by atoms with Crippen molar-refractivity contribution in [3.8, 4) is 0 Å². The van der Waals surface area contributed by atoms with E-state index in [1.165, 1.54) is 17.7 Å². The Hall–Kier alpha value is -1.06. The fourth-order valence-electron chi connectivity index (χ4n) is 2.96. The Labute approximate surface area is 132 Å². The second-order valence-corrected chi connectivity index (χ2v) is 6.92. The molecule has 0 aromatic carbocycles. The van der Waals surface area contributed by atoms with Crippen LogP contribution in [0.4, 0.5) is 0 Å². The lowest BCUT2D eigenvalue weighted by atomic mass is 10.0. The van der Waals surface area contributed by atoms with Gasteiger partial charge in [0.05, 0.1) is 13.2 Å². The van der Waals surface area contributed by atoms with Gasteiger partial charge in [0, 0.05) is 26.5 Å². The van der Waals surface area contributed by atoms with Crippen molar-refractivity contribution >= 4 is 7.82 Å². The van der Waals surface area contributed by atoms with Crippen molar-refractivity contribution < 1.29 is 32.7 Å². The van der Waals surface area contributed by atoms with Gasteiger partial charge in [-0.2, -0.15) is 0 Å². The number of aromatic nitrogens is 1. The Balaban J connectivity index is 1.95. The lowest BCUT2D eigenvalue weighted by molar-refractivity contribution is -0.190. The Kier molecular flexibility index (Phi) is 4.45. The van der Waals surface area contributed by atoms with Crippen molar-refractivity contribution in [1.82, 2.24) is 4.57 Å². The summed E-state index contributed by atoms with van der Waals surface area (Å²) in [5.41, 5.74) is -1.37. The molecule has 2 bridgehead atoms. The maximum Gasteiger partial charge on any atom is 0.472 e. The topological polar surface area (TPSA) is 105 Å². The van der Waals surface area contributed by atoms with Gasteiger partial charge in [0.25, 0.3) is 5.56 Å². The molecule has 9 nitrogen and oxygen atoms in total. The summed E-state index contributed by atoms with van der Waals surface area (Å²) in [6.07, 6.45) is -0.866. The second kappa shape index (κ2) is 6.10. The van der Waals surface area contributed by atoms with Crippen LogP contribution < -0.4 is 5.56 Å². The van der Waals surface area contributed by atoms with E-state index >= 15 is 0 Å². The highest BCUT2D eigenvalue weighted by atomic mass is 31.2. The standard InChI is InChI=1S/C13H18NO8P/c1-18-7-13-8-20-10(11(13)22-23(16,17)19-2)12(21-13)14-6-4-3-5-9(14)15/h3-6,10-12H,7-8H2,1-2H3,(H,16,17)/t10-,11+,12?,13?/m0/s1. The fraction of sp³-hybridized carbons (Fsp3) is 0.615. The van der Waals surface area contributed by atoms with Gasteiger partial charge in [0.2, 0.25) is 0 Å². The fourth-order valence-corrected chi connectivity index (χ4v) is 3.64. The summed E-state index contributed by atoms with van der Waals surface area (Å²) in [7, 11) is -1.71. The van der Waals surface area contributed by atoms with Crippen LogP contribution in [0.15, 0.2) is 29.2 Å². The van der Waals surface area contributed by atoms with Crippen LogP contribution in [0.25, 0.3) is 0 Å². The zero-order valence-corrected chi connectivity index (χ0v) is 13.5. The number of pyridine rings is 1. The number of nitrogens with zero attached hydrogens (tertiary/aromatic N) is 1. The molecule has 1 aromatic heterocycles. The summed E-state index contributed by atoms with van der Waals surface area (Å²) in [6.45, 7) is 0.202. The van der Waals surface area contributed by atoms with E-state index in [1.807, 2.05) is 0 Å². The number of hydrogen-bond donors (Lipinski definition) is 1. The Morgan fingerprint density at radius 3 is 2.91 bits per heavy atom. The Bertz CT molecular complexity index is 678. The molecule has 0 saturated carbocycles. The lowest BCUT2D eigenvalue weighted by Gasteiger charge is -2.31. The van der Waals surface area contributed by atoms with E-state index < -0.39 is 31.9 Å². The highest BCUT2D eigenvalue weighted by Crippen LogP contribution is 2.54. The SMILES string of the molecule is COCC12CO[C@H](C(n3ccccc3=O)O1)[C@H]2OP(=O)(O)OC. The quantitative estimate of drug-likeness (QED) is 0.732. The molecule has 0 spiro atoms. The zero-order valence-electron chi connectivity index (χ0n) is 12.7. The van der Waals surface area contributed by atoms with Gasteiger partial charge in [-0.15, -0.1) is 0 Å². The van der Waals surface area contributed by atoms with E-state index in [1.54, 1.807) is 18.3 Å². The molecule has 5 atom stereocenters. The van der Waals surface area contributed by atoms with Crippen molar-refractivity contribution in [3.63, 3.8) is 0 Å². The minimum absolute atomic E-state index is 0.0793. The Morgan fingerprint density at radius 2 is 2.26 bits per heavy atom. The first-order valence-corrected chi connectivity index (χ1v) is 8.44. The van der Waals surface area contributed by atoms with Gasteiger partial charge >= 0.3 is 7.82 Å². The number of methoxy groups -OCH3 is 1. The van der Waals surface area contributed by atoms with Gasteiger partial charge < -0.3 is 19.1 Å². The number of hydrogen-bond acceptors (Lipinski definition) is 7. The van der Waals surface area contributed by atoms with Crippen LogP contribution in [0.1, 0.15) is 6.23 Å². The Morgan fingerprint density at radius 1 is 1.48 bits per heavy atom. The average Bonchev–Trinajstić information content (AvgIpc) is 2.99. The van der Waals surface area contributed by atoms with Crippen LogP contribution in [-0.4, -0.2) is 54.7 Å². The van der Waals surface area contributed by atoms with Crippen molar-refractivity contribution in [1.29, 1.82) is 0 Å². The third-order valence-corrected chi connectivity index (χ3v) is 4.92. The second-order valence-electron chi connectivity index (χ2n) is 5.41. The van der Waals surface area contributed by atoms with Crippen LogP contribution in [0, 0.1) is 0 Å². The summed E-state index contributed by atoms with van der Waals surface area (Å²) in [4.78, 5) is 21.7. The van der Waals surface area contributed by atoms with Gasteiger partial charge in [0.15, 0.2) is 6.23 Å². The molecule has 2 aliphatic rings. The normalized spacial score (nSPS) is 35.3. The monoisotopic (exact) mass is 347 g/mol. The predicted octanol–water partition coefficient (Wildman–Crippen LogP) is 0.293. The van der Waals surface area contributed by atoms with Crippen LogP contribution in [0.5, 0.6) is 0 Å². The van der Waals surface area contributed by atoms with Crippen LogP contribution in [0.2, 0.25) is 0 Å². The molecule has 3 rings (SSSR count). The summed E-state index contributed by atoms with van der Waals surface area (Å²) in [5, 5.41) is 0. The number of rotatable bonds is 6. The third kappa shape index (κ3) is 2.89. The summed E-state index contributed by atoms with van der Waals surface area (Å²) in [6, 6.07) is 4.68. The van der Waals surface area contributed by atoms with Gasteiger partial charge in [-0.25, -0.2) is 4.57 Å². The first-order valence-electron chi connectivity index (χ1n) is 6.95. The van der Waals surface area contributed by atoms with Crippen LogP contribution >= 0.6 is 7.82 Å². The number of phosphoric ester groups is 1. The van der Waals surface area contributed by atoms with E-state index in [-0.39, 0.29) is 18.8 Å². The molecule has 3 heterocycles. The van der Waals surface area contributed by atoms with Crippen molar-refractivity contribution in [2.45, 2.75) is 24.0 Å². The van der Waals surface area contributed by atoms with Gasteiger partial charge in [-0.1, -0.05) is 6.07 Å². The first-order chi connectivity index (χ1) is 10.9. The van der Waals surface area contributed by atoms with Crippen LogP contribution in [0.3, 0.4) is 0 Å². The van der Waals surface area contributed by atoms with Crippen molar-refractivity contribution in [2.24, 2.45) is 0 Å². The summed E-state index contributed by atoms with van der Waals surface area (Å²) in [5.74, 6) is 0. The molecule has 2 aliphatic heterocycles. The molecule has 10 heteroatoms. The minimum atomic E-state index is -4.26. The molecule has 23 heavy (non-hydrogen) atoms. The van der Waals surface area contributed by atoms with Gasteiger partial charge in [-0.3, -0.25) is 18.4 Å². The molecule has 3 unspecified atom stereocenters. The predicted molar refractivity (Wildman–Crippen MR) is 76.9 cm³/mol. The molecular weight excluding hydrogens is 329 g/mol. The lowest BCUT2D eigenvalue weighted by Crippen LogP contribution is -2.45. The van der Waals surface area contributed by atoms with E-state index in [0.29, 0.717) is 0 Å². The smallest absolute Gasteiger partial charge is 0.381 e. The van der Waals surface area contributed by atoms with Crippen LogP contribution in [-0.2, 0) is 27.8 Å². The van der Waals surface area contributed by atoms with Gasteiger partial charge in [-0.05, 0) is 6.07 Å². The maximum absolute atomic E-state index is 12.0. The number of ether oxygens (including phenoxy) is 3. The van der Waals surface area contributed by atoms with E-state index in [4.69, 9.17) is 18.7 Å². The number of fused-ring (bicyclic) bond motifs is 2. The molecule has 0 radical (unpaired) electrons. The van der Waals surface area contributed by atoms with E-state index in [2.05, 4.69) is 4.52 Å². The molecule has 2 saturated heterocycles. The van der Waals surface area contributed by atoms with Crippen molar-refractivity contribution in [3.05, 3.63) is 34.7 Å². The number of phosphoric acid groups is 1. The summed E-state index contributed by atoms with van der Waals surface area (Å²) >= 11 is 0. The van der Waals surface area contributed by atoms with Gasteiger partial charge in [0.1, 0.15) is 17.8 Å². The molecule has 1 N–H and O–H groups in total. The largest absolute Gasteiger partial charge is 0.472 e. The molecule has 128 valence electrons. The third-order valence-electron chi connectivity index (χ3n) is 3.96. The van der Waals surface area contributed by atoms with E-state index in [0.717, 1.165) is 7.11 Å². The molecule has 0 aliphatic carbocycles.